The average Bonchev–Trinajstić information content (AvgIpc) is 3.29. The lowest BCUT2D eigenvalue weighted by Crippen LogP contribution is -2.01. The number of nitrogens with one attached hydrogen (secondary N) is 1. The van der Waals surface area contributed by atoms with Crippen molar-refractivity contribution in [2.45, 2.75) is 6.61 Å². The van der Waals surface area contributed by atoms with Gasteiger partial charge >= 0.3 is 5.97 Å². The Morgan fingerprint density at radius 2 is 1.84 bits per heavy atom. The molecule has 0 saturated carbocycles. The van der Waals surface area contributed by atoms with Crippen LogP contribution in [0.1, 0.15) is 15.9 Å². The number of ether oxygens (including phenoxy) is 3. The number of halogens is 1. The standard InChI is InChI=1S/C28H23FN4O5/c1-33-15-20(28(34)35)27(32-33)31-18-8-9-24(21(29)12-18)38-23-10-11-30-22-14-26(25(36-2)13-19(22)23)37-16-17-6-4-3-5-7-17/h3-15H,16H2,1-2H3,(H,31,32)(H,34,35). The molecule has 0 atom stereocenters. The molecule has 0 amide bonds. The van der Waals surface area contributed by atoms with E-state index in [0.29, 0.717) is 40.4 Å². The Morgan fingerprint density at radius 3 is 2.58 bits per heavy atom. The zero-order valence-corrected chi connectivity index (χ0v) is 20.5. The van der Waals surface area contributed by atoms with E-state index in [9.17, 15) is 9.90 Å². The summed E-state index contributed by atoms with van der Waals surface area (Å²) in [6.07, 6.45) is 2.92. The van der Waals surface area contributed by atoms with E-state index in [4.69, 9.17) is 14.2 Å². The van der Waals surface area contributed by atoms with E-state index in [1.54, 1.807) is 37.5 Å². The quantitative estimate of drug-likeness (QED) is 0.249. The molecule has 0 aliphatic heterocycles. The van der Waals surface area contributed by atoms with Gasteiger partial charge in [0.25, 0.3) is 0 Å². The fourth-order valence-corrected chi connectivity index (χ4v) is 3.88. The number of aryl methyl sites for hydroxylation is 1. The third-order valence-corrected chi connectivity index (χ3v) is 5.70. The third-order valence-electron chi connectivity index (χ3n) is 5.70. The molecule has 2 N–H and O–H groups in total. The van der Waals surface area contributed by atoms with Gasteiger partial charge in [-0.25, -0.2) is 9.18 Å². The highest BCUT2D eigenvalue weighted by atomic mass is 19.1. The van der Waals surface area contributed by atoms with E-state index in [2.05, 4.69) is 15.4 Å². The minimum Gasteiger partial charge on any atom is -0.493 e. The maximum atomic E-state index is 15.0. The van der Waals surface area contributed by atoms with Gasteiger partial charge in [0.05, 0.1) is 12.6 Å². The van der Waals surface area contributed by atoms with Gasteiger partial charge in [0.1, 0.15) is 17.9 Å². The van der Waals surface area contributed by atoms with Crippen molar-refractivity contribution >= 4 is 28.4 Å². The van der Waals surface area contributed by atoms with Crippen LogP contribution in [-0.4, -0.2) is 33.0 Å². The molecule has 0 fully saturated rings. The van der Waals surface area contributed by atoms with Crippen LogP contribution in [0.15, 0.2) is 79.1 Å². The molecule has 10 heteroatoms. The van der Waals surface area contributed by atoms with Gasteiger partial charge in [-0.3, -0.25) is 9.67 Å². The van der Waals surface area contributed by atoms with E-state index in [1.165, 1.54) is 30.1 Å². The lowest BCUT2D eigenvalue weighted by atomic mass is 10.1. The molecule has 9 nitrogen and oxygen atoms in total. The number of fused-ring (bicyclic) bond motifs is 1. The fourth-order valence-electron chi connectivity index (χ4n) is 3.88. The van der Waals surface area contributed by atoms with E-state index >= 15 is 4.39 Å². The van der Waals surface area contributed by atoms with Crippen LogP contribution >= 0.6 is 0 Å². The van der Waals surface area contributed by atoms with Crippen molar-refractivity contribution in [1.29, 1.82) is 0 Å². The summed E-state index contributed by atoms with van der Waals surface area (Å²) in [6, 6.07) is 19.1. The van der Waals surface area contributed by atoms with Crippen LogP contribution < -0.4 is 19.5 Å². The Bertz CT molecular complexity index is 1620. The summed E-state index contributed by atoms with van der Waals surface area (Å²) in [5.74, 6) is -0.338. The first-order valence-corrected chi connectivity index (χ1v) is 11.6. The lowest BCUT2D eigenvalue weighted by molar-refractivity contribution is 0.0698. The van der Waals surface area contributed by atoms with Gasteiger partial charge in [-0.15, -0.1) is 0 Å². The summed E-state index contributed by atoms with van der Waals surface area (Å²) in [6.45, 7) is 0.358. The monoisotopic (exact) mass is 514 g/mol. The zero-order valence-electron chi connectivity index (χ0n) is 20.5. The first kappa shape index (κ1) is 24.6. The van der Waals surface area contributed by atoms with E-state index < -0.39 is 11.8 Å². The molecule has 5 rings (SSSR count). The van der Waals surface area contributed by atoms with Crippen LogP contribution in [0.5, 0.6) is 23.0 Å². The molecular formula is C28H23FN4O5. The highest BCUT2D eigenvalue weighted by Gasteiger charge is 2.17. The van der Waals surface area contributed by atoms with Crippen molar-refractivity contribution in [1.82, 2.24) is 14.8 Å². The molecule has 0 aliphatic rings. The molecule has 2 heterocycles. The van der Waals surface area contributed by atoms with Crippen LogP contribution in [0.3, 0.4) is 0 Å². The topological polar surface area (TPSA) is 108 Å². The van der Waals surface area contributed by atoms with Crippen LogP contribution in [0.25, 0.3) is 10.9 Å². The molecule has 3 aromatic carbocycles. The molecule has 0 radical (unpaired) electrons. The van der Waals surface area contributed by atoms with Crippen molar-refractivity contribution in [3.8, 4) is 23.0 Å². The number of pyridine rings is 1. The van der Waals surface area contributed by atoms with Gasteiger partial charge in [0.2, 0.25) is 0 Å². The number of carbonyl (C=O) groups is 1. The number of carboxylic acid groups (broad SMARTS) is 1. The number of rotatable bonds is 9. The number of methoxy groups -OCH3 is 1. The van der Waals surface area contributed by atoms with Gasteiger partial charge in [-0.2, -0.15) is 5.10 Å². The molecule has 192 valence electrons. The van der Waals surface area contributed by atoms with Gasteiger partial charge in [0, 0.05) is 42.6 Å². The van der Waals surface area contributed by atoms with E-state index in [1.807, 2.05) is 30.3 Å². The van der Waals surface area contributed by atoms with Crippen molar-refractivity contribution in [3.63, 3.8) is 0 Å². The molecule has 0 bridgehead atoms. The first-order valence-electron chi connectivity index (χ1n) is 11.6. The number of hydrogen-bond acceptors (Lipinski definition) is 7. The van der Waals surface area contributed by atoms with Crippen LogP contribution in [0.4, 0.5) is 15.9 Å². The maximum Gasteiger partial charge on any atom is 0.341 e. The highest BCUT2D eigenvalue weighted by Crippen LogP contribution is 2.38. The van der Waals surface area contributed by atoms with Crippen molar-refractivity contribution in [2.24, 2.45) is 7.05 Å². The SMILES string of the molecule is COc1cc2c(Oc3ccc(Nc4nn(C)cc4C(=O)O)cc3F)ccnc2cc1OCc1ccccc1. The predicted molar refractivity (Wildman–Crippen MR) is 139 cm³/mol. The van der Waals surface area contributed by atoms with Crippen molar-refractivity contribution in [2.75, 3.05) is 12.4 Å². The molecule has 0 unspecified atom stereocenters. The highest BCUT2D eigenvalue weighted by molar-refractivity contribution is 5.93. The molecule has 0 spiro atoms. The second-order valence-electron chi connectivity index (χ2n) is 8.35. The second kappa shape index (κ2) is 10.5. The second-order valence-corrected chi connectivity index (χ2v) is 8.35. The zero-order chi connectivity index (χ0) is 26.6. The molecule has 0 saturated heterocycles. The number of aromatic nitrogens is 3. The predicted octanol–water partition coefficient (Wildman–Crippen LogP) is 5.93. The summed E-state index contributed by atoms with van der Waals surface area (Å²) in [5, 5.41) is 16.9. The maximum absolute atomic E-state index is 15.0. The van der Waals surface area contributed by atoms with E-state index in [-0.39, 0.29) is 17.1 Å². The molecule has 5 aromatic rings. The minimum atomic E-state index is -1.14. The Labute approximate surface area is 217 Å². The van der Waals surface area contributed by atoms with Crippen molar-refractivity contribution < 1.29 is 28.5 Å². The summed E-state index contributed by atoms with van der Waals surface area (Å²) >= 11 is 0. The van der Waals surface area contributed by atoms with Crippen molar-refractivity contribution in [3.05, 3.63) is 96.1 Å². The first-order chi connectivity index (χ1) is 18.4. The van der Waals surface area contributed by atoms with E-state index in [0.717, 1.165) is 5.56 Å². The molecule has 2 aromatic heterocycles. The van der Waals surface area contributed by atoms with Gasteiger partial charge in [-0.05, 0) is 29.8 Å². The number of hydrogen-bond donors (Lipinski definition) is 2. The smallest absolute Gasteiger partial charge is 0.341 e. The summed E-state index contributed by atoms with van der Waals surface area (Å²) < 4.78 is 33.8. The minimum absolute atomic E-state index is 0.0223. The third kappa shape index (κ3) is 5.19. The van der Waals surface area contributed by atoms with Gasteiger partial charge in [-0.1, -0.05) is 30.3 Å². The summed E-state index contributed by atoms with van der Waals surface area (Å²) in [4.78, 5) is 15.8. The van der Waals surface area contributed by atoms with Crippen LogP contribution in [0, 0.1) is 5.82 Å². The number of carboxylic acids is 1. The van der Waals surface area contributed by atoms with Gasteiger partial charge < -0.3 is 24.6 Å². The number of benzene rings is 3. The molecule has 0 aliphatic carbocycles. The Balaban J connectivity index is 1.39. The average molecular weight is 515 g/mol. The number of anilines is 2. The normalized spacial score (nSPS) is 10.8. The van der Waals surface area contributed by atoms with Crippen LogP contribution in [0.2, 0.25) is 0 Å². The summed E-state index contributed by atoms with van der Waals surface area (Å²) in [7, 11) is 3.14. The van der Waals surface area contributed by atoms with Gasteiger partial charge in [0.15, 0.2) is 28.9 Å². The number of nitrogens with zero attached hydrogens (tertiary/aromatic N) is 3. The Morgan fingerprint density at radius 1 is 1.03 bits per heavy atom. The molecule has 38 heavy (non-hydrogen) atoms. The lowest BCUT2D eigenvalue weighted by Gasteiger charge is -2.14. The number of aromatic carboxylic acids is 1. The molecular weight excluding hydrogens is 491 g/mol. The van der Waals surface area contributed by atoms with Crippen LogP contribution in [-0.2, 0) is 13.7 Å². The Hall–Kier alpha value is -5.12. The Kier molecular flexibility index (Phi) is 6.77. The summed E-state index contributed by atoms with van der Waals surface area (Å²) in [5.41, 5.74) is 1.88. The largest absolute Gasteiger partial charge is 0.493 e. The fraction of sp³-hybridized carbons (Fsp3) is 0.107.